The molecule has 0 aliphatic heterocycles. The van der Waals surface area contributed by atoms with Crippen molar-refractivity contribution in [2.45, 2.75) is 25.8 Å². The van der Waals surface area contributed by atoms with Gasteiger partial charge in [-0.1, -0.05) is 12.1 Å². The third-order valence-electron chi connectivity index (χ3n) is 3.20. The molecule has 20 heavy (non-hydrogen) atoms. The van der Waals surface area contributed by atoms with Gasteiger partial charge in [-0.25, -0.2) is 0 Å². The van der Waals surface area contributed by atoms with Gasteiger partial charge < -0.3 is 10.1 Å². The minimum absolute atomic E-state index is 0.449. The molecule has 0 spiro atoms. The number of likely N-dealkylation sites (N-methyl/N-ethyl adjacent to an activating group) is 1. The average Bonchev–Trinajstić information content (AvgIpc) is 2.83. The number of benzene rings is 1. The van der Waals surface area contributed by atoms with E-state index in [9.17, 15) is 0 Å². The Labute approximate surface area is 133 Å². The van der Waals surface area contributed by atoms with Gasteiger partial charge in [0.1, 0.15) is 5.75 Å². The number of hydrogen-bond acceptors (Lipinski definition) is 3. The van der Waals surface area contributed by atoms with Crippen LogP contribution < -0.4 is 10.1 Å². The summed E-state index contributed by atoms with van der Waals surface area (Å²) in [4.78, 5) is 1.40. The van der Waals surface area contributed by atoms with Crippen LogP contribution in [-0.2, 0) is 6.42 Å². The van der Waals surface area contributed by atoms with Crippen molar-refractivity contribution in [1.82, 2.24) is 5.32 Å². The Morgan fingerprint density at radius 2 is 2.20 bits per heavy atom. The van der Waals surface area contributed by atoms with E-state index < -0.39 is 0 Å². The highest BCUT2D eigenvalue weighted by molar-refractivity contribution is 9.10. The number of rotatable bonds is 7. The van der Waals surface area contributed by atoms with Gasteiger partial charge in [0.2, 0.25) is 0 Å². The van der Waals surface area contributed by atoms with E-state index >= 15 is 0 Å². The molecule has 0 aliphatic rings. The summed E-state index contributed by atoms with van der Waals surface area (Å²) in [6, 6.07) is 10.8. The molecule has 1 N–H and O–H groups in total. The maximum Gasteiger partial charge on any atom is 0.119 e. The van der Waals surface area contributed by atoms with Gasteiger partial charge in [0.25, 0.3) is 0 Å². The van der Waals surface area contributed by atoms with E-state index in [1.807, 2.05) is 19.2 Å². The zero-order valence-corrected chi connectivity index (χ0v) is 14.3. The molecule has 1 unspecified atom stereocenters. The van der Waals surface area contributed by atoms with E-state index in [4.69, 9.17) is 4.74 Å². The number of thiophene rings is 1. The van der Waals surface area contributed by atoms with E-state index in [1.165, 1.54) is 14.9 Å². The van der Waals surface area contributed by atoms with Crippen LogP contribution in [0.15, 0.2) is 40.2 Å². The molecule has 0 amide bonds. The molecule has 0 aliphatic carbocycles. The molecule has 0 saturated heterocycles. The van der Waals surface area contributed by atoms with Crippen molar-refractivity contribution in [2.24, 2.45) is 0 Å². The molecule has 0 fully saturated rings. The van der Waals surface area contributed by atoms with Crippen LogP contribution in [0.4, 0.5) is 0 Å². The van der Waals surface area contributed by atoms with Crippen molar-refractivity contribution >= 4 is 27.3 Å². The van der Waals surface area contributed by atoms with Crippen molar-refractivity contribution < 1.29 is 4.74 Å². The molecule has 1 aromatic carbocycles. The number of halogens is 1. The molecule has 2 aromatic rings. The molecule has 108 valence electrons. The number of hydrogen-bond donors (Lipinski definition) is 1. The fourth-order valence-corrected chi connectivity index (χ4v) is 3.61. The smallest absolute Gasteiger partial charge is 0.119 e. The first kappa shape index (κ1) is 15.5. The zero-order valence-electron chi connectivity index (χ0n) is 11.9. The quantitative estimate of drug-likeness (QED) is 0.795. The Bertz CT molecular complexity index is 541. The summed E-state index contributed by atoms with van der Waals surface area (Å²) < 4.78 is 6.99. The fourth-order valence-electron chi connectivity index (χ4n) is 2.08. The highest BCUT2D eigenvalue weighted by Crippen LogP contribution is 2.21. The van der Waals surface area contributed by atoms with Gasteiger partial charge >= 0.3 is 0 Å². The topological polar surface area (TPSA) is 21.3 Å². The van der Waals surface area contributed by atoms with Gasteiger partial charge in [-0.15, -0.1) is 11.3 Å². The van der Waals surface area contributed by atoms with Crippen molar-refractivity contribution in [3.05, 3.63) is 50.6 Å². The summed E-state index contributed by atoms with van der Waals surface area (Å²) in [5, 5.41) is 5.50. The zero-order chi connectivity index (χ0) is 14.4. The van der Waals surface area contributed by atoms with Gasteiger partial charge in [0.05, 0.1) is 6.61 Å². The molecule has 1 atom stereocenters. The SMILES string of the molecule is CNC(CCOc1cccc(C)c1)Cc1cc(Br)cs1. The first-order valence-corrected chi connectivity index (χ1v) is 8.44. The second kappa shape index (κ2) is 7.81. The van der Waals surface area contributed by atoms with Crippen LogP contribution in [-0.4, -0.2) is 19.7 Å². The maximum atomic E-state index is 5.82. The third kappa shape index (κ3) is 4.93. The van der Waals surface area contributed by atoms with Gasteiger partial charge in [-0.2, -0.15) is 0 Å². The summed E-state index contributed by atoms with van der Waals surface area (Å²) in [6.07, 6.45) is 2.05. The van der Waals surface area contributed by atoms with Crippen LogP contribution >= 0.6 is 27.3 Å². The molecule has 1 aromatic heterocycles. The summed E-state index contributed by atoms with van der Waals surface area (Å²) in [5.74, 6) is 0.957. The molecule has 2 rings (SSSR count). The predicted molar refractivity (Wildman–Crippen MR) is 89.9 cm³/mol. The number of ether oxygens (including phenoxy) is 1. The van der Waals surface area contributed by atoms with Gasteiger partial charge in [-0.3, -0.25) is 0 Å². The summed E-state index contributed by atoms with van der Waals surface area (Å²) >= 11 is 5.30. The number of nitrogens with one attached hydrogen (secondary N) is 1. The maximum absolute atomic E-state index is 5.82. The monoisotopic (exact) mass is 353 g/mol. The van der Waals surface area contributed by atoms with E-state index in [0.717, 1.165) is 25.2 Å². The minimum Gasteiger partial charge on any atom is -0.494 e. The lowest BCUT2D eigenvalue weighted by Crippen LogP contribution is -2.29. The Kier molecular flexibility index (Phi) is 6.07. The van der Waals surface area contributed by atoms with E-state index in [1.54, 1.807) is 11.3 Å². The molecule has 0 radical (unpaired) electrons. The third-order valence-corrected chi connectivity index (χ3v) is 4.92. The second-order valence-electron chi connectivity index (χ2n) is 4.87. The van der Waals surface area contributed by atoms with Crippen molar-refractivity contribution in [2.75, 3.05) is 13.7 Å². The Hall–Kier alpha value is -0.840. The fraction of sp³-hybridized carbons (Fsp3) is 0.375. The normalized spacial score (nSPS) is 12.3. The Balaban J connectivity index is 1.79. The van der Waals surface area contributed by atoms with Crippen molar-refractivity contribution in [3.8, 4) is 5.75 Å². The Morgan fingerprint density at radius 1 is 1.35 bits per heavy atom. The van der Waals surface area contributed by atoms with Crippen molar-refractivity contribution in [1.29, 1.82) is 0 Å². The lowest BCUT2D eigenvalue weighted by Gasteiger charge is -2.15. The molecule has 0 bridgehead atoms. The molecule has 1 heterocycles. The van der Waals surface area contributed by atoms with E-state index in [-0.39, 0.29) is 0 Å². The van der Waals surface area contributed by atoms with Crippen LogP contribution in [0.3, 0.4) is 0 Å². The molecule has 0 saturated carbocycles. The highest BCUT2D eigenvalue weighted by Gasteiger charge is 2.09. The summed E-state index contributed by atoms with van der Waals surface area (Å²) in [5.41, 5.74) is 1.23. The van der Waals surface area contributed by atoms with Gasteiger partial charge in [-0.05, 0) is 66.5 Å². The lowest BCUT2D eigenvalue weighted by atomic mass is 10.1. The van der Waals surface area contributed by atoms with Crippen LogP contribution in [0.2, 0.25) is 0 Å². The largest absolute Gasteiger partial charge is 0.494 e. The lowest BCUT2D eigenvalue weighted by molar-refractivity contribution is 0.288. The summed E-state index contributed by atoms with van der Waals surface area (Å²) in [6.45, 7) is 2.82. The standard InChI is InChI=1S/C16H20BrNOS/c1-12-4-3-5-15(8-12)19-7-6-14(18-2)10-16-9-13(17)11-20-16/h3-5,8-9,11,14,18H,6-7,10H2,1-2H3. The summed E-state index contributed by atoms with van der Waals surface area (Å²) in [7, 11) is 2.01. The molecular formula is C16H20BrNOS. The number of aryl methyl sites for hydroxylation is 1. The van der Waals surface area contributed by atoms with Crippen LogP contribution in [0, 0.1) is 6.92 Å². The first-order chi connectivity index (χ1) is 9.67. The van der Waals surface area contributed by atoms with E-state index in [2.05, 4.69) is 51.7 Å². The molecular weight excluding hydrogens is 334 g/mol. The molecule has 4 heteroatoms. The van der Waals surface area contributed by atoms with Gasteiger partial charge in [0.15, 0.2) is 0 Å². The van der Waals surface area contributed by atoms with Gasteiger partial charge in [0, 0.05) is 20.8 Å². The van der Waals surface area contributed by atoms with Crippen LogP contribution in [0.1, 0.15) is 16.9 Å². The van der Waals surface area contributed by atoms with E-state index in [0.29, 0.717) is 6.04 Å². The predicted octanol–water partition coefficient (Wildman–Crippen LogP) is 4.42. The minimum atomic E-state index is 0.449. The Morgan fingerprint density at radius 3 is 2.85 bits per heavy atom. The highest BCUT2D eigenvalue weighted by atomic mass is 79.9. The van der Waals surface area contributed by atoms with Crippen LogP contribution in [0.25, 0.3) is 0 Å². The van der Waals surface area contributed by atoms with Crippen LogP contribution in [0.5, 0.6) is 5.75 Å². The average molecular weight is 354 g/mol. The van der Waals surface area contributed by atoms with Crippen molar-refractivity contribution in [3.63, 3.8) is 0 Å². The second-order valence-corrected chi connectivity index (χ2v) is 6.79. The molecule has 2 nitrogen and oxygen atoms in total. The first-order valence-electron chi connectivity index (χ1n) is 6.77.